The van der Waals surface area contributed by atoms with E-state index in [4.69, 9.17) is 10.5 Å². The predicted molar refractivity (Wildman–Crippen MR) is 84.1 cm³/mol. The quantitative estimate of drug-likeness (QED) is 0.829. The molecule has 1 fully saturated rings. The van der Waals surface area contributed by atoms with Gasteiger partial charge in [-0.25, -0.2) is 0 Å². The lowest BCUT2D eigenvalue weighted by Crippen LogP contribution is -2.26. The fraction of sp³-hybridized carbons (Fsp3) is 0.688. The van der Waals surface area contributed by atoms with Crippen LogP contribution < -0.4 is 15.8 Å². The molecule has 0 aromatic carbocycles. The van der Waals surface area contributed by atoms with E-state index >= 15 is 0 Å². The minimum Gasteiger partial charge on any atom is -0.476 e. The van der Waals surface area contributed by atoms with Crippen molar-refractivity contribution in [2.75, 3.05) is 17.7 Å². The zero-order chi connectivity index (χ0) is 14.4. The molecule has 0 radical (unpaired) electrons. The van der Waals surface area contributed by atoms with E-state index in [0.29, 0.717) is 24.2 Å². The van der Waals surface area contributed by atoms with E-state index in [1.807, 2.05) is 12.1 Å². The second-order valence-electron chi connectivity index (χ2n) is 5.71. The van der Waals surface area contributed by atoms with Crippen molar-refractivity contribution in [2.45, 2.75) is 58.4 Å². The van der Waals surface area contributed by atoms with Crippen LogP contribution in [0.4, 0.5) is 11.5 Å². The van der Waals surface area contributed by atoms with Gasteiger partial charge in [-0.3, -0.25) is 0 Å². The average molecular weight is 277 g/mol. The smallest absolute Gasteiger partial charge is 0.239 e. The molecule has 112 valence electrons. The van der Waals surface area contributed by atoms with Crippen molar-refractivity contribution in [3.05, 3.63) is 12.1 Å². The van der Waals surface area contributed by atoms with Gasteiger partial charge in [0.05, 0.1) is 12.3 Å². The molecule has 0 atom stereocenters. The Morgan fingerprint density at radius 2 is 2.00 bits per heavy atom. The number of hydrogen-bond donors (Lipinski definition) is 2. The van der Waals surface area contributed by atoms with Crippen molar-refractivity contribution in [2.24, 2.45) is 5.92 Å². The van der Waals surface area contributed by atoms with Crippen LogP contribution >= 0.6 is 0 Å². The van der Waals surface area contributed by atoms with Crippen LogP contribution in [0.25, 0.3) is 0 Å². The highest BCUT2D eigenvalue weighted by Gasteiger charge is 2.20. The van der Waals surface area contributed by atoms with Crippen LogP contribution in [-0.2, 0) is 0 Å². The van der Waals surface area contributed by atoms with Crippen LogP contribution in [0.2, 0.25) is 0 Å². The first-order chi connectivity index (χ1) is 9.72. The zero-order valence-corrected chi connectivity index (χ0v) is 12.7. The van der Waals surface area contributed by atoms with Crippen LogP contribution in [0.5, 0.6) is 5.88 Å². The Hall–Kier alpha value is -1.45. The second-order valence-corrected chi connectivity index (χ2v) is 5.71. The van der Waals surface area contributed by atoms with Crippen LogP contribution in [0, 0.1) is 5.92 Å². The summed E-state index contributed by atoms with van der Waals surface area (Å²) in [5, 5.41) is 3.52. The normalized spacial score (nSPS) is 22.5. The highest BCUT2D eigenvalue weighted by atomic mass is 16.5. The van der Waals surface area contributed by atoms with Gasteiger partial charge in [0.15, 0.2) is 0 Å². The Bertz CT molecular complexity index is 414. The molecule has 0 aliphatic heterocycles. The van der Waals surface area contributed by atoms with E-state index in [1.165, 1.54) is 32.1 Å². The minimum atomic E-state index is 0.535. The third-order valence-electron chi connectivity index (χ3n) is 4.11. The fourth-order valence-electron chi connectivity index (χ4n) is 2.77. The number of anilines is 2. The molecule has 0 saturated heterocycles. The van der Waals surface area contributed by atoms with Crippen molar-refractivity contribution in [1.29, 1.82) is 0 Å². The van der Waals surface area contributed by atoms with Crippen LogP contribution in [0.15, 0.2) is 12.1 Å². The maximum atomic E-state index is 5.88. The highest BCUT2D eigenvalue weighted by molar-refractivity contribution is 5.53. The lowest BCUT2D eigenvalue weighted by Gasteiger charge is -2.28. The molecule has 0 bridgehead atoms. The van der Waals surface area contributed by atoms with Gasteiger partial charge in [-0.2, -0.15) is 4.98 Å². The molecule has 1 aromatic rings. The molecule has 0 spiro atoms. The Morgan fingerprint density at radius 3 is 2.65 bits per heavy atom. The first-order valence-electron chi connectivity index (χ1n) is 7.88. The Labute approximate surface area is 122 Å². The van der Waals surface area contributed by atoms with E-state index in [9.17, 15) is 0 Å². The summed E-state index contributed by atoms with van der Waals surface area (Å²) in [4.78, 5) is 4.48. The molecule has 1 aliphatic rings. The van der Waals surface area contributed by atoms with Crippen molar-refractivity contribution in [3.63, 3.8) is 0 Å². The predicted octanol–water partition coefficient (Wildman–Crippen LogP) is 3.83. The first-order valence-corrected chi connectivity index (χ1v) is 7.88. The van der Waals surface area contributed by atoms with Gasteiger partial charge in [0.25, 0.3) is 0 Å². The van der Waals surface area contributed by atoms with Gasteiger partial charge in [-0.1, -0.05) is 20.3 Å². The summed E-state index contributed by atoms with van der Waals surface area (Å²) in [6.45, 7) is 5.02. The third-order valence-corrected chi connectivity index (χ3v) is 4.11. The van der Waals surface area contributed by atoms with Crippen molar-refractivity contribution >= 4 is 11.5 Å². The molecule has 1 heterocycles. The number of nitrogens with zero attached hydrogens (tertiary/aromatic N) is 1. The minimum absolute atomic E-state index is 0.535. The van der Waals surface area contributed by atoms with Gasteiger partial charge < -0.3 is 15.8 Å². The van der Waals surface area contributed by atoms with Gasteiger partial charge in [-0.05, 0) is 50.2 Å². The fourth-order valence-corrected chi connectivity index (χ4v) is 2.77. The molecule has 0 unspecified atom stereocenters. The SMILES string of the molecule is CCCOc1nc(NC2CCC(CC)CC2)ccc1N. The van der Waals surface area contributed by atoms with Crippen LogP contribution in [0.1, 0.15) is 52.4 Å². The molecular weight excluding hydrogens is 250 g/mol. The standard InChI is InChI=1S/C16H27N3O/c1-3-11-20-16-14(17)9-10-15(19-16)18-13-7-5-12(4-2)6-8-13/h9-10,12-13H,3-8,11,17H2,1-2H3,(H,18,19). The summed E-state index contributed by atoms with van der Waals surface area (Å²) in [6, 6.07) is 4.35. The summed E-state index contributed by atoms with van der Waals surface area (Å²) in [5.41, 5.74) is 6.49. The molecule has 1 aromatic heterocycles. The summed E-state index contributed by atoms with van der Waals surface area (Å²) >= 11 is 0. The molecule has 0 amide bonds. The number of rotatable bonds is 6. The topological polar surface area (TPSA) is 60.2 Å². The lowest BCUT2D eigenvalue weighted by atomic mass is 9.84. The monoisotopic (exact) mass is 277 g/mol. The van der Waals surface area contributed by atoms with E-state index in [2.05, 4.69) is 24.1 Å². The summed E-state index contributed by atoms with van der Waals surface area (Å²) < 4.78 is 5.57. The van der Waals surface area contributed by atoms with Gasteiger partial charge in [0, 0.05) is 6.04 Å². The number of aromatic nitrogens is 1. The summed E-state index contributed by atoms with van der Waals surface area (Å²) in [7, 11) is 0. The first kappa shape index (κ1) is 14.9. The Morgan fingerprint density at radius 1 is 1.25 bits per heavy atom. The highest BCUT2D eigenvalue weighted by Crippen LogP contribution is 2.29. The van der Waals surface area contributed by atoms with Gasteiger partial charge in [0.2, 0.25) is 5.88 Å². The van der Waals surface area contributed by atoms with Crippen molar-refractivity contribution in [3.8, 4) is 5.88 Å². The lowest BCUT2D eigenvalue weighted by molar-refractivity contribution is 0.307. The van der Waals surface area contributed by atoms with Crippen LogP contribution in [-0.4, -0.2) is 17.6 Å². The zero-order valence-electron chi connectivity index (χ0n) is 12.7. The molecule has 3 N–H and O–H groups in total. The van der Waals surface area contributed by atoms with E-state index < -0.39 is 0 Å². The number of nitrogens with two attached hydrogens (primary N) is 1. The molecule has 1 aliphatic carbocycles. The van der Waals surface area contributed by atoms with E-state index in [0.717, 1.165) is 18.2 Å². The number of nitrogens with one attached hydrogen (secondary N) is 1. The number of ether oxygens (including phenoxy) is 1. The third kappa shape index (κ3) is 4.02. The summed E-state index contributed by atoms with van der Waals surface area (Å²) in [6.07, 6.45) is 7.37. The molecule has 4 nitrogen and oxygen atoms in total. The Kier molecular flexibility index (Phi) is 5.50. The van der Waals surface area contributed by atoms with E-state index in [1.54, 1.807) is 0 Å². The maximum absolute atomic E-state index is 5.88. The van der Waals surface area contributed by atoms with E-state index in [-0.39, 0.29) is 0 Å². The Balaban J connectivity index is 1.92. The van der Waals surface area contributed by atoms with Gasteiger partial charge in [-0.15, -0.1) is 0 Å². The molecule has 2 rings (SSSR count). The van der Waals surface area contributed by atoms with Crippen molar-refractivity contribution in [1.82, 2.24) is 4.98 Å². The number of hydrogen-bond acceptors (Lipinski definition) is 4. The van der Waals surface area contributed by atoms with Gasteiger partial charge in [0.1, 0.15) is 5.82 Å². The maximum Gasteiger partial charge on any atom is 0.239 e. The van der Waals surface area contributed by atoms with Gasteiger partial charge >= 0.3 is 0 Å². The number of nitrogen functional groups attached to an aromatic ring is 1. The number of pyridine rings is 1. The second kappa shape index (κ2) is 7.36. The largest absolute Gasteiger partial charge is 0.476 e. The van der Waals surface area contributed by atoms with Crippen LogP contribution in [0.3, 0.4) is 0 Å². The van der Waals surface area contributed by atoms with Crippen molar-refractivity contribution < 1.29 is 4.74 Å². The average Bonchev–Trinajstić information content (AvgIpc) is 2.48. The molecule has 20 heavy (non-hydrogen) atoms. The molecular formula is C16H27N3O. The molecule has 4 heteroatoms. The summed E-state index contributed by atoms with van der Waals surface area (Å²) in [5.74, 6) is 2.35. The molecule has 1 saturated carbocycles.